The molecule has 0 heterocycles. The van der Waals surface area contributed by atoms with Crippen LogP contribution in [0.25, 0.3) is 0 Å². The molecule has 0 amide bonds. The fraction of sp³-hybridized carbons (Fsp3) is 0.417. The summed E-state index contributed by atoms with van der Waals surface area (Å²) in [6.45, 7) is -0.797. The molecular formula is C12H13AsF2O3. The summed E-state index contributed by atoms with van der Waals surface area (Å²) in [7, 11) is 0. The second-order valence-corrected chi connectivity index (χ2v) is 4.81. The summed E-state index contributed by atoms with van der Waals surface area (Å²) in [6, 6.07) is 6.29. The zero-order valence-corrected chi connectivity index (χ0v) is 11.7. The second-order valence-electron chi connectivity index (χ2n) is 3.50. The van der Waals surface area contributed by atoms with Crippen LogP contribution in [0.4, 0.5) is 8.78 Å². The van der Waals surface area contributed by atoms with Crippen LogP contribution in [-0.4, -0.2) is 36.0 Å². The molecule has 0 aliphatic rings. The molecule has 0 saturated carbocycles. The summed E-state index contributed by atoms with van der Waals surface area (Å²) in [4.78, 5) is 11.4. The van der Waals surface area contributed by atoms with Crippen LogP contribution in [0.15, 0.2) is 24.3 Å². The Hall–Kier alpha value is -1.09. The third kappa shape index (κ3) is 5.05. The summed E-state index contributed by atoms with van der Waals surface area (Å²) >= 11 is 2.22. The van der Waals surface area contributed by atoms with E-state index in [-0.39, 0.29) is 16.4 Å². The van der Waals surface area contributed by atoms with Crippen molar-refractivity contribution in [1.29, 1.82) is 0 Å². The Bertz CT molecular complexity index is 399. The predicted molar refractivity (Wildman–Crippen MR) is 62.9 cm³/mol. The number of halogens is 2. The molecule has 1 atom stereocenters. The van der Waals surface area contributed by atoms with Crippen molar-refractivity contribution in [2.45, 2.75) is 24.7 Å². The number of esters is 1. The van der Waals surface area contributed by atoms with Gasteiger partial charge in [-0.15, -0.1) is 0 Å². The first kappa shape index (κ1) is 15.0. The zero-order valence-electron chi connectivity index (χ0n) is 9.81. The van der Waals surface area contributed by atoms with Crippen LogP contribution in [0.1, 0.15) is 12.5 Å². The van der Waals surface area contributed by atoms with Gasteiger partial charge in [-0.1, -0.05) is 0 Å². The SMILES string of the molecule is CCOC(=O)C([As])Cc1cccc(OC(F)F)c1. The number of hydrogen-bond donors (Lipinski definition) is 0. The van der Waals surface area contributed by atoms with Gasteiger partial charge in [-0.25, -0.2) is 0 Å². The van der Waals surface area contributed by atoms with Gasteiger partial charge < -0.3 is 0 Å². The number of carbonyl (C=O) groups excluding carboxylic acids is 1. The molecule has 98 valence electrons. The van der Waals surface area contributed by atoms with Gasteiger partial charge in [0.25, 0.3) is 0 Å². The van der Waals surface area contributed by atoms with Gasteiger partial charge in [-0.3, -0.25) is 0 Å². The molecule has 1 aromatic carbocycles. The maximum absolute atomic E-state index is 12.0. The molecule has 0 bridgehead atoms. The Labute approximate surface area is 113 Å². The Kier molecular flexibility index (Phi) is 6.13. The average Bonchev–Trinajstić information content (AvgIpc) is 2.28. The molecule has 3 nitrogen and oxygen atoms in total. The van der Waals surface area contributed by atoms with Crippen LogP contribution in [-0.2, 0) is 16.0 Å². The molecular weight excluding hydrogens is 305 g/mol. The number of carbonyl (C=O) groups is 1. The molecule has 1 rings (SSSR count). The van der Waals surface area contributed by atoms with Crippen molar-refractivity contribution in [2.75, 3.05) is 6.61 Å². The summed E-state index contributed by atoms with van der Waals surface area (Å²) in [5.74, 6) is -0.233. The van der Waals surface area contributed by atoms with Gasteiger partial charge in [0.2, 0.25) is 0 Å². The first-order valence-corrected chi connectivity index (χ1v) is 6.49. The molecule has 0 saturated heterocycles. The van der Waals surface area contributed by atoms with Crippen LogP contribution < -0.4 is 4.74 Å². The molecule has 0 spiro atoms. The molecule has 6 heteroatoms. The Morgan fingerprint density at radius 2 is 2.17 bits per heavy atom. The molecule has 0 N–H and O–H groups in total. The maximum atomic E-state index is 12.0. The van der Waals surface area contributed by atoms with E-state index in [1.165, 1.54) is 12.1 Å². The molecule has 1 aromatic rings. The summed E-state index contributed by atoms with van der Waals surface area (Å²) in [5.41, 5.74) is 0.742. The van der Waals surface area contributed by atoms with Crippen molar-refractivity contribution in [3.63, 3.8) is 0 Å². The van der Waals surface area contributed by atoms with Crippen LogP contribution in [0, 0.1) is 0 Å². The number of ether oxygens (including phenoxy) is 2. The van der Waals surface area contributed by atoms with Crippen LogP contribution >= 0.6 is 0 Å². The van der Waals surface area contributed by atoms with Gasteiger partial charge in [0, 0.05) is 0 Å². The zero-order chi connectivity index (χ0) is 13.5. The standard InChI is InChI=1S/C12H13AsF2O3/c1-2-17-11(16)10(13)7-8-4-3-5-9(6-8)18-12(14)15/h3-6,10,12H,2,7H2,1H3. The predicted octanol–water partition coefficient (Wildman–Crippen LogP) is 2.35. The number of alkyl halides is 2. The molecule has 0 aliphatic heterocycles. The van der Waals surface area contributed by atoms with Gasteiger partial charge in [-0.05, 0) is 0 Å². The van der Waals surface area contributed by atoms with Gasteiger partial charge in [0.1, 0.15) is 0 Å². The summed E-state index contributed by atoms with van der Waals surface area (Å²) in [5, 5.41) is 0. The second kappa shape index (κ2) is 7.37. The van der Waals surface area contributed by atoms with Crippen molar-refractivity contribution in [3.8, 4) is 5.75 Å². The van der Waals surface area contributed by atoms with Crippen molar-refractivity contribution in [2.24, 2.45) is 0 Å². The molecule has 0 aromatic heterocycles. The van der Waals surface area contributed by atoms with Crippen molar-refractivity contribution in [3.05, 3.63) is 29.8 Å². The van der Waals surface area contributed by atoms with E-state index in [4.69, 9.17) is 4.74 Å². The first-order chi connectivity index (χ1) is 8.52. The molecule has 2 radical (unpaired) electrons. The van der Waals surface area contributed by atoms with E-state index in [1.54, 1.807) is 19.1 Å². The van der Waals surface area contributed by atoms with Crippen LogP contribution in [0.5, 0.6) is 5.75 Å². The van der Waals surface area contributed by atoms with Gasteiger partial charge >= 0.3 is 113 Å². The monoisotopic (exact) mass is 318 g/mol. The third-order valence-corrected chi connectivity index (χ3v) is 2.94. The quantitative estimate of drug-likeness (QED) is 0.597. The van der Waals surface area contributed by atoms with E-state index in [2.05, 4.69) is 21.6 Å². The van der Waals surface area contributed by atoms with E-state index in [9.17, 15) is 13.6 Å². The average molecular weight is 318 g/mol. The Morgan fingerprint density at radius 1 is 1.44 bits per heavy atom. The van der Waals surface area contributed by atoms with E-state index in [1.807, 2.05) is 0 Å². The van der Waals surface area contributed by atoms with Crippen molar-refractivity contribution in [1.82, 2.24) is 0 Å². The van der Waals surface area contributed by atoms with Gasteiger partial charge in [-0.2, -0.15) is 0 Å². The topological polar surface area (TPSA) is 35.5 Å². The number of rotatable bonds is 6. The fourth-order valence-corrected chi connectivity index (χ4v) is 1.99. The third-order valence-electron chi connectivity index (χ3n) is 2.11. The van der Waals surface area contributed by atoms with Crippen LogP contribution in [0.2, 0.25) is 4.71 Å². The number of benzene rings is 1. The molecule has 0 aliphatic carbocycles. The van der Waals surface area contributed by atoms with E-state index < -0.39 is 6.61 Å². The normalized spacial score (nSPS) is 12.3. The first-order valence-electron chi connectivity index (χ1n) is 5.41. The summed E-state index contributed by atoms with van der Waals surface area (Å²) in [6.07, 6.45) is 0.402. The van der Waals surface area contributed by atoms with Gasteiger partial charge in [0.05, 0.1) is 0 Å². The van der Waals surface area contributed by atoms with Crippen molar-refractivity contribution < 1.29 is 23.0 Å². The van der Waals surface area contributed by atoms with E-state index in [0.717, 1.165) is 5.56 Å². The van der Waals surface area contributed by atoms with Crippen molar-refractivity contribution >= 4 is 22.8 Å². The van der Waals surface area contributed by atoms with Crippen LogP contribution in [0.3, 0.4) is 0 Å². The minimum atomic E-state index is -2.85. The molecule has 18 heavy (non-hydrogen) atoms. The Balaban J connectivity index is 2.64. The van der Waals surface area contributed by atoms with E-state index in [0.29, 0.717) is 13.0 Å². The van der Waals surface area contributed by atoms with Gasteiger partial charge in [0.15, 0.2) is 0 Å². The fourth-order valence-electron chi connectivity index (χ4n) is 1.39. The van der Waals surface area contributed by atoms with E-state index >= 15 is 0 Å². The number of hydrogen-bond acceptors (Lipinski definition) is 3. The Morgan fingerprint density at radius 3 is 2.78 bits per heavy atom. The minimum absolute atomic E-state index is 0.0889. The molecule has 0 fully saturated rings. The molecule has 1 unspecified atom stereocenters. The summed E-state index contributed by atoms with van der Waals surface area (Å²) < 4.78 is 32.9.